The van der Waals surface area contributed by atoms with Gasteiger partial charge >= 0.3 is 0 Å². The predicted octanol–water partition coefficient (Wildman–Crippen LogP) is 2.20. The SMILES string of the molecule is NC1C2=CC2C1c1ccc2cnc(NC3CCOCC3)nc2c1. The molecule has 23 heavy (non-hydrogen) atoms. The van der Waals surface area contributed by atoms with Gasteiger partial charge in [-0.3, -0.25) is 0 Å². The lowest BCUT2D eigenvalue weighted by atomic mass is 9.74. The zero-order chi connectivity index (χ0) is 15.4. The fourth-order valence-electron chi connectivity index (χ4n) is 3.87. The minimum absolute atomic E-state index is 0.208. The monoisotopic (exact) mass is 308 g/mol. The van der Waals surface area contributed by atoms with E-state index in [4.69, 9.17) is 15.5 Å². The molecule has 2 aliphatic carbocycles. The third-order valence-electron chi connectivity index (χ3n) is 5.35. The van der Waals surface area contributed by atoms with Crippen molar-refractivity contribution in [2.75, 3.05) is 18.5 Å². The molecule has 0 bridgehead atoms. The molecule has 5 heteroatoms. The van der Waals surface area contributed by atoms with Crippen LogP contribution in [0, 0.1) is 5.92 Å². The zero-order valence-corrected chi connectivity index (χ0v) is 12.9. The summed E-state index contributed by atoms with van der Waals surface area (Å²) in [7, 11) is 0. The summed E-state index contributed by atoms with van der Waals surface area (Å²) in [5.41, 5.74) is 9.93. The first-order valence-corrected chi connectivity index (χ1v) is 8.38. The highest BCUT2D eigenvalue weighted by Crippen LogP contribution is 2.57. The summed E-state index contributed by atoms with van der Waals surface area (Å²) >= 11 is 0. The van der Waals surface area contributed by atoms with Gasteiger partial charge < -0.3 is 15.8 Å². The quantitative estimate of drug-likeness (QED) is 0.851. The highest BCUT2D eigenvalue weighted by Gasteiger charge is 2.51. The molecule has 3 aliphatic rings. The van der Waals surface area contributed by atoms with E-state index in [1.165, 1.54) is 11.1 Å². The van der Waals surface area contributed by atoms with Gasteiger partial charge in [0.05, 0.1) is 5.52 Å². The fraction of sp³-hybridized carbons (Fsp3) is 0.444. The molecule has 2 heterocycles. The molecule has 2 fully saturated rings. The van der Waals surface area contributed by atoms with Crippen molar-refractivity contribution < 1.29 is 4.74 Å². The summed E-state index contributed by atoms with van der Waals surface area (Å²) < 4.78 is 5.39. The van der Waals surface area contributed by atoms with Crippen LogP contribution in [0.4, 0.5) is 5.95 Å². The molecule has 1 saturated heterocycles. The Kier molecular flexibility index (Phi) is 2.93. The van der Waals surface area contributed by atoms with Crippen molar-refractivity contribution in [2.24, 2.45) is 11.7 Å². The van der Waals surface area contributed by atoms with E-state index in [9.17, 15) is 0 Å². The van der Waals surface area contributed by atoms with E-state index in [0.717, 1.165) is 37.0 Å². The number of hydrogen-bond donors (Lipinski definition) is 2. The maximum Gasteiger partial charge on any atom is 0.223 e. The number of nitrogens with two attached hydrogens (primary N) is 1. The van der Waals surface area contributed by atoms with Crippen molar-refractivity contribution in [3.63, 3.8) is 0 Å². The Hall–Kier alpha value is -1.98. The summed E-state index contributed by atoms with van der Waals surface area (Å²) in [6.45, 7) is 1.62. The highest BCUT2D eigenvalue weighted by atomic mass is 16.5. The maximum atomic E-state index is 6.21. The molecule has 3 N–H and O–H groups in total. The van der Waals surface area contributed by atoms with E-state index < -0.39 is 0 Å². The van der Waals surface area contributed by atoms with Gasteiger partial charge in [0.25, 0.3) is 0 Å². The molecular weight excluding hydrogens is 288 g/mol. The van der Waals surface area contributed by atoms with Gasteiger partial charge in [-0.25, -0.2) is 9.97 Å². The van der Waals surface area contributed by atoms with Gasteiger partial charge in [0, 0.05) is 48.7 Å². The molecule has 3 unspecified atom stereocenters. The fourth-order valence-corrected chi connectivity index (χ4v) is 3.87. The second kappa shape index (κ2) is 5.01. The average Bonchev–Trinajstić information content (AvgIpc) is 3.30. The Balaban J connectivity index is 1.41. The predicted molar refractivity (Wildman–Crippen MR) is 89.3 cm³/mol. The zero-order valence-electron chi connectivity index (χ0n) is 12.9. The van der Waals surface area contributed by atoms with Crippen LogP contribution in [0.5, 0.6) is 0 Å². The van der Waals surface area contributed by atoms with Crippen LogP contribution in [0.2, 0.25) is 0 Å². The van der Waals surface area contributed by atoms with E-state index in [-0.39, 0.29) is 6.04 Å². The number of nitrogens with zero attached hydrogens (tertiary/aromatic N) is 2. The van der Waals surface area contributed by atoms with E-state index in [2.05, 4.69) is 34.6 Å². The number of rotatable bonds is 3. The smallest absolute Gasteiger partial charge is 0.223 e. The second-order valence-electron chi connectivity index (χ2n) is 6.79. The summed E-state index contributed by atoms with van der Waals surface area (Å²) in [4.78, 5) is 9.16. The van der Waals surface area contributed by atoms with E-state index in [1.807, 2.05) is 6.20 Å². The molecule has 2 aromatic rings. The number of aromatic nitrogens is 2. The molecule has 3 atom stereocenters. The summed E-state index contributed by atoms with van der Waals surface area (Å²) in [6.07, 6.45) is 6.20. The standard InChI is InChI=1S/C18H20N4O/c19-17-14-8-13(14)16(17)10-1-2-11-9-20-18(22-15(11)7-10)21-12-3-5-23-6-4-12/h1-2,7-9,12-13,16-17H,3-6,19H2,(H,20,21,22). The van der Waals surface area contributed by atoms with Crippen molar-refractivity contribution in [3.8, 4) is 0 Å². The van der Waals surface area contributed by atoms with Crippen LogP contribution in [0.15, 0.2) is 36.0 Å². The number of allylic oxidation sites excluding steroid dienone is 1. The average molecular weight is 308 g/mol. The van der Waals surface area contributed by atoms with E-state index >= 15 is 0 Å². The molecular formula is C18H20N4O. The van der Waals surface area contributed by atoms with Gasteiger partial charge in [0.1, 0.15) is 0 Å². The highest BCUT2D eigenvalue weighted by molar-refractivity contribution is 5.80. The van der Waals surface area contributed by atoms with Crippen LogP contribution >= 0.6 is 0 Å². The number of fused-ring (bicyclic) bond motifs is 2. The second-order valence-corrected chi connectivity index (χ2v) is 6.79. The molecule has 1 aromatic carbocycles. The number of ether oxygens (including phenoxy) is 1. The first-order chi connectivity index (χ1) is 11.3. The van der Waals surface area contributed by atoms with Gasteiger partial charge in [0.15, 0.2) is 0 Å². The number of anilines is 1. The Bertz CT molecular complexity index is 797. The van der Waals surface area contributed by atoms with Crippen molar-refractivity contribution in [1.29, 1.82) is 0 Å². The molecule has 1 aliphatic heterocycles. The summed E-state index contributed by atoms with van der Waals surface area (Å²) in [5, 5.41) is 4.51. The molecule has 0 amide bonds. The van der Waals surface area contributed by atoms with Crippen LogP contribution < -0.4 is 11.1 Å². The first kappa shape index (κ1) is 13.5. The number of benzene rings is 1. The number of hydrogen-bond acceptors (Lipinski definition) is 5. The van der Waals surface area contributed by atoms with Gasteiger partial charge in [-0.2, -0.15) is 0 Å². The Morgan fingerprint density at radius 2 is 2.09 bits per heavy atom. The lowest BCUT2D eigenvalue weighted by molar-refractivity contribution is 0.0903. The van der Waals surface area contributed by atoms with Crippen molar-refractivity contribution in [1.82, 2.24) is 9.97 Å². The van der Waals surface area contributed by atoms with Crippen molar-refractivity contribution in [3.05, 3.63) is 41.6 Å². The lowest BCUT2D eigenvalue weighted by Crippen LogP contribution is -2.39. The van der Waals surface area contributed by atoms with Crippen LogP contribution in [-0.2, 0) is 4.74 Å². The Morgan fingerprint density at radius 3 is 2.87 bits per heavy atom. The molecule has 1 aromatic heterocycles. The van der Waals surface area contributed by atoms with E-state index in [1.54, 1.807) is 0 Å². The van der Waals surface area contributed by atoms with Crippen molar-refractivity contribution in [2.45, 2.75) is 30.8 Å². The molecule has 5 rings (SSSR count). The Morgan fingerprint density at radius 1 is 1.22 bits per heavy atom. The van der Waals surface area contributed by atoms with Crippen LogP contribution in [0.1, 0.15) is 24.3 Å². The normalized spacial score (nSPS) is 29.6. The maximum absolute atomic E-state index is 6.21. The number of nitrogens with one attached hydrogen (secondary N) is 1. The van der Waals surface area contributed by atoms with E-state index in [0.29, 0.717) is 23.8 Å². The summed E-state index contributed by atoms with van der Waals surface area (Å²) in [6, 6.07) is 7.07. The first-order valence-electron chi connectivity index (χ1n) is 8.38. The third kappa shape index (κ3) is 2.23. The minimum Gasteiger partial charge on any atom is -0.381 e. The lowest BCUT2D eigenvalue weighted by Gasteiger charge is -2.33. The third-order valence-corrected chi connectivity index (χ3v) is 5.35. The largest absolute Gasteiger partial charge is 0.381 e. The van der Waals surface area contributed by atoms with Gasteiger partial charge in [0.2, 0.25) is 5.95 Å². The summed E-state index contributed by atoms with van der Waals surface area (Å²) in [5.74, 6) is 1.77. The van der Waals surface area contributed by atoms with Crippen LogP contribution in [0.3, 0.4) is 0 Å². The van der Waals surface area contributed by atoms with Crippen molar-refractivity contribution >= 4 is 16.9 Å². The van der Waals surface area contributed by atoms with Gasteiger partial charge in [-0.05, 0) is 30.0 Å². The molecule has 0 spiro atoms. The van der Waals surface area contributed by atoms with Gasteiger partial charge in [-0.15, -0.1) is 0 Å². The molecule has 0 radical (unpaired) electrons. The Labute approximate surface area is 134 Å². The van der Waals surface area contributed by atoms with Crippen LogP contribution in [0.25, 0.3) is 10.9 Å². The van der Waals surface area contributed by atoms with Gasteiger partial charge in [-0.1, -0.05) is 18.2 Å². The van der Waals surface area contributed by atoms with Crippen LogP contribution in [-0.4, -0.2) is 35.3 Å². The topological polar surface area (TPSA) is 73.1 Å². The minimum atomic E-state index is 0.208. The molecule has 1 saturated carbocycles. The molecule has 5 nitrogen and oxygen atoms in total. The molecule has 118 valence electrons.